The predicted molar refractivity (Wildman–Crippen MR) is 66.4 cm³/mol. The van der Waals surface area contributed by atoms with E-state index in [2.05, 4.69) is 17.0 Å². The molecule has 1 aromatic carbocycles. The molecule has 0 heterocycles. The second-order valence-electron chi connectivity index (χ2n) is 3.61. The van der Waals surface area contributed by atoms with Crippen LogP contribution in [0, 0.1) is 0 Å². The molecule has 0 amide bonds. The van der Waals surface area contributed by atoms with Gasteiger partial charge in [0.1, 0.15) is 12.4 Å². The zero-order valence-corrected chi connectivity index (χ0v) is 10.4. The van der Waals surface area contributed by atoms with Crippen LogP contribution in [0.1, 0.15) is 23.7 Å². The van der Waals surface area contributed by atoms with Crippen molar-refractivity contribution in [2.45, 2.75) is 13.3 Å². The number of hydrogen-bond acceptors (Lipinski definition) is 4. The van der Waals surface area contributed by atoms with Crippen LogP contribution >= 0.6 is 0 Å². The predicted octanol–water partition coefficient (Wildman–Crippen LogP) is 1.85. The number of ether oxygens (including phenoxy) is 2. The van der Waals surface area contributed by atoms with Gasteiger partial charge >= 0.3 is 5.97 Å². The third-order valence-corrected chi connectivity index (χ3v) is 2.25. The number of hydrogen-bond donors (Lipinski definition) is 1. The van der Waals surface area contributed by atoms with Crippen molar-refractivity contribution in [2.24, 2.45) is 0 Å². The Balaban J connectivity index is 2.33. The molecule has 4 nitrogen and oxygen atoms in total. The Morgan fingerprint density at radius 1 is 1.24 bits per heavy atom. The maximum Gasteiger partial charge on any atom is 0.337 e. The Labute approximate surface area is 102 Å². The summed E-state index contributed by atoms with van der Waals surface area (Å²) in [6.45, 7) is 4.58. The summed E-state index contributed by atoms with van der Waals surface area (Å²) in [7, 11) is 1.37. The highest BCUT2D eigenvalue weighted by Crippen LogP contribution is 2.12. The summed E-state index contributed by atoms with van der Waals surface area (Å²) in [4.78, 5) is 11.2. The van der Waals surface area contributed by atoms with Crippen LogP contribution in [-0.2, 0) is 4.74 Å². The van der Waals surface area contributed by atoms with Gasteiger partial charge in [-0.3, -0.25) is 0 Å². The Hall–Kier alpha value is -1.55. The molecule has 94 valence electrons. The molecule has 1 N–H and O–H groups in total. The molecular formula is C13H19NO3. The van der Waals surface area contributed by atoms with Crippen molar-refractivity contribution < 1.29 is 14.3 Å². The van der Waals surface area contributed by atoms with Crippen LogP contribution in [0.3, 0.4) is 0 Å². The second kappa shape index (κ2) is 7.68. The van der Waals surface area contributed by atoms with E-state index >= 15 is 0 Å². The summed E-state index contributed by atoms with van der Waals surface area (Å²) in [5, 5.41) is 3.24. The van der Waals surface area contributed by atoms with Gasteiger partial charge < -0.3 is 14.8 Å². The maximum atomic E-state index is 11.2. The first-order chi connectivity index (χ1) is 8.27. The van der Waals surface area contributed by atoms with Gasteiger partial charge in [0.2, 0.25) is 0 Å². The van der Waals surface area contributed by atoms with Crippen LogP contribution in [0.4, 0.5) is 0 Å². The molecule has 1 aromatic rings. The Kier molecular flexibility index (Phi) is 6.10. The normalized spacial score (nSPS) is 10.0. The summed E-state index contributed by atoms with van der Waals surface area (Å²) in [5.74, 6) is 0.428. The van der Waals surface area contributed by atoms with Gasteiger partial charge in [0.05, 0.1) is 12.7 Å². The van der Waals surface area contributed by atoms with E-state index in [1.807, 2.05) is 0 Å². The molecule has 0 aliphatic carbocycles. The summed E-state index contributed by atoms with van der Waals surface area (Å²) in [5.41, 5.74) is 0.531. The van der Waals surface area contributed by atoms with Crippen LogP contribution in [0.25, 0.3) is 0 Å². The van der Waals surface area contributed by atoms with Crippen molar-refractivity contribution in [1.82, 2.24) is 5.32 Å². The molecule has 0 bridgehead atoms. The number of benzene rings is 1. The monoisotopic (exact) mass is 237 g/mol. The number of nitrogens with one attached hydrogen (secondary N) is 1. The summed E-state index contributed by atoms with van der Waals surface area (Å²) >= 11 is 0. The fourth-order valence-electron chi connectivity index (χ4n) is 1.35. The van der Waals surface area contributed by atoms with Gasteiger partial charge in [-0.15, -0.1) is 0 Å². The Morgan fingerprint density at radius 2 is 1.94 bits per heavy atom. The standard InChI is InChI=1S/C13H19NO3/c1-3-8-14-9-10-17-12-6-4-11(5-7-12)13(15)16-2/h4-7,14H,3,8-10H2,1-2H3. The quantitative estimate of drug-likeness (QED) is 0.581. The SMILES string of the molecule is CCCNCCOc1ccc(C(=O)OC)cc1. The Morgan fingerprint density at radius 3 is 2.53 bits per heavy atom. The highest BCUT2D eigenvalue weighted by atomic mass is 16.5. The van der Waals surface area contributed by atoms with Crippen molar-refractivity contribution >= 4 is 5.97 Å². The van der Waals surface area contributed by atoms with Crippen LogP contribution in [0.5, 0.6) is 5.75 Å². The number of methoxy groups -OCH3 is 1. The van der Waals surface area contributed by atoms with Gasteiger partial charge in [-0.05, 0) is 37.2 Å². The molecule has 0 aliphatic heterocycles. The molecule has 0 fully saturated rings. The third-order valence-electron chi connectivity index (χ3n) is 2.25. The molecule has 0 saturated heterocycles. The van der Waals surface area contributed by atoms with E-state index in [9.17, 15) is 4.79 Å². The zero-order chi connectivity index (χ0) is 12.5. The molecule has 4 heteroatoms. The average Bonchev–Trinajstić information content (AvgIpc) is 2.38. The lowest BCUT2D eigenvalue weighted by atomic mass is 10.2. The minimum Gasteiger partial charge on any atom is -0.492 e. The smallest absolute Gasteiger partial charge is 0.337 e. The van der Waals surface area contributed by atoms with E-state index in [1.165, 1.54) is 7.11 Å². The number of rotatable bonds is 7. The topological polar surface area (TPSA) is 47.6 Å². The van der Waals surface area contributed by atoms with Crippen molar-refractivity contribution in [3.8, 4) is 5.75 Å². The molecule has 0 atom stereocenters. The molecule has 1 rings (SSSR count). The van der Waals surface area contributed by atoms with Gasteiger partial charge in [0.15, 0.2) is 0 Å². The summed E-state index contributed by atoms with van der Waals surface area (Å²) in [6.07, 6.45) is 1.12. The lowest BCUT2D eigenvalue weighted by Crippen LogP contribution is -2.21. The first-order valence-electron chi connectivity index (χ1n) is 5.79. The first kappa shape index (κ1) is 13.5. The largest absolute Gasteiger partial charge is 0.492 e. The van der Waals surface area contributed by atoms with Crippen LogP contribution < -0.4 is 10.1 Å². The van der Waals surface area contributed by atoms with Crippen molar-refractivity contribution in [2.75, 3.05) is 26.8 Å². The zero-order valence-electron chi connectivity index (χ0n) is 10.4. The molecule has 0 saturated carbocycles. The minimum atomic E-state index is -0.332. The van der Waals surface area contributed by atoms with Gasteiger partial charge in [0.25, 0.3) is 0 Å². The van der Waals surface area contributed by atoms with Gasteiger partial charge in [-0.25, -0.2) is 4.79 Å². The lowest BCUT2D eigenvalue weighted by Gasteiger charge is -2.07. The minimum absolute atomic E-state index is 0.332. The second-order valence-corrected chi connectivity index (χ2v) is 3.61. The van der Waals surface area contributed by atoms with Gasteiger partial charge in [-0.2, -0.15) is 0 Å². The van der Waals surface area contributed by atoms with Gasteiger partial charge in [-0.1, -0.05) is 6.92 Å². The molecule has 0 spiro atoms. The Bertz CT molecular complexity index is 335. The highest BCUT2D eigenvalue weighted by Gasteiger charge is 2.04. The van der Waals surface area contributed by atoms with E-state index in [0.717, 1.165) is 25.3 Å². The van der Waals surface area contributed by atoms with Crippen molar-refractivity contribution in [1.29, 1.82) is 0 Å². The first-order valence-corrected chi connectivity index (χ1v) is 5.79. The molecule has 0 aliphatic rings. The van der Waals surface area contributed by atoms with Gasteiger partial charge in [0, 0.05) is 6.54 Å². The molecule has 0 unspecified atom stereocenters. The lowest BCUT2D eigenvalue weighted by molar-refractivity contribution is 0.0600. The molecule has 0 aromatic heterocycles. The fourth-order valence-corrected chi connectivity index (χ4v) is 1.35. The summed E-state index contributed by atoms with van der Waals surface area (Å²) < 4.78 is 10.1. The molecule has 17 heavy (non-hydrogen) atoms. The van der Waals surface area contributed by atoms with Crippen LogP contribution in [0.2, 0.25) is 0 Å². The van der Waals surface area contributed by atoms with E-state index in [4.69, 9.17) is 4.74 Å². The summed E-state index contributed by atoms with van der Waals surface area (Å²) in [6, 6.07) is 6.93. The van der Waals surface area contributed by atoms with E-state index < -0.39 is 0 Å². The third kappa shape index (κ3) is 4.87. The maximum absolute atomic E-state index is 11.2. The van der Waals surface area contributed by atoms with Crippen molar-refractivity contribution in [3.63, 3.8) is 0 Å². The highest BCUT2D eigenvalue weighted by molar-refractivity contribution is 5.89. The van der Waals surface area contributed by atoms with E-state index in [-0.39, 0.29) is 5.97 Å². The van der Waals surface area contributed by atoms with Crippen LogP contribution in [-0.4, -0.2) is 32.8 Å². The number of carbonyl (C=O) groups excluding carboxylic acids is 1. The van der Waals surface area contributed by atoms with Crippen molar-refractivity contribution in [3.05, 3.63) is 29.8 Å². The van der Waals surface area contributed by atoms with E-state index in [1.54, 1.807) is 24.3 Å². The number of esters is 1. The number of carbonyl (C=O) groups is 1. The molecular weight excluding hydrogens is 218 g/mol. The van der Waals surface area contributed by atoms with Crippen LogP contribution in [0.15, 0.2) is 24.3 Å². The fraction of sp³-hybridized carbons (Fsp3) is 0.462. The molecule has 0 radical (unpaired) electrons. The average molecular weight is 237 g/mol. The van der Waals surface area contributed by atoms with E-state index in [0.29, 0.717) is 12.2 Å².